The van der Waals surface area contributed by atoms with Crippen LogP contribution >= 0.6 is 11.3 Å². The summed E-state index contributed by atoms with van der Waals surface area (Å²) in [6.07, 6.45) is 2.69. The molecule has 3 aromatic rings. The molecule has 0 fully saturated rings. The highest BCUT2D eigenvalue weighted by atomic mass is 32.1. The summed E-state index contributed by atoms with van der Waals surface area (Å²) in [5.74, 6) is 0.853. The maximum absolute atomic E-state index is 12.3. The van der Waals surface area contributed by atoms with Crippen LogP contribution in [0.3, 0.4) is 0 Å². The van der Waals surface area contributed by atoms with Gasteiger partial charge in [-0.3, -0.25) is 9.69 Å². The second-order valence-corrected chi connectivity index (χ2v) is 9.34. The summed E-state index contributed by atoms with van der Waals surface area (Å²) in [5.41, 5.74) is 14.5. The zero-order valence-corrected chi connectivity index (χ0v) is 19.3. The van der Waals surface area contributed by atoms with Crippen LogP contribution in [0.4, 0.5) is 5.82 Å². The second kappa shape index (κ2) is 8.64. The number of carbonyl (C=O) groups is 1. The predicted molar refractivity (Wildman–Crippen MR) is 126 cm³/mol. The number of aromatic nitrogens is 3. The number of nitrogen functional groups attached to an aromatic ring is 1. The van der Waals surface area contributed by atoms with Gasteiger partial charge in [0.1, 0.15) is 16.9 Å². The first kappa shape index (κ1) is 22.7. The van der Waals surface area contributed by atoms with Gasteiger partial charge < -0.3 is 26.2 Å². The lowest BCUT2D eigenvalue weighted by Crippen LogP contribution is -2.35. The highest BCUT2D eigenvalue weighted by Gasteiger charge is 2.22. The van der Waals surface area contributed by atoms with Gasteiger partial charge in [-0.1, -0.05) is 6.92 Å². The minimum absolute atomic E-state index is 0.175. The molecule has 0 radical (unpaired) electrons. The lowest BCUT2D eigenvalue weighted by atomic mass is 10.2. The summed E-state index contributed by atoms with van der Waals surface area (Å²) < 4.78 is 8.37. The molecule has 9 nitrogen and oxygen atoms in total. The number of fused-ring (bicyclic) bond motifs is 3. The summed E-state index contributed by atoms with van der Waals surface area (Å²) in [6, 6.07) is 1.87. The van der Waals surface area contributed by atoms with E-state index in [9.17, 15) is 4.79 Å². The minimum Gasteiger partial charge on any atom is -0.459 e. The number of ether oxygens (including phenoxy) is 1. The number of allylic oxidation sites excluding steroid dienone is 1. The van der Waals surface area contributed by atoms with E-state index in [-0.39, 0.29) is 12.5 Å². The summed E-state index contributed by atoms with van der Waals surface area (Å²) in [5, 5.41) is 7.24. The van der Waals surface area contributed by atoms with E-state index in [0.29, 0.717) is 30.1 Å². The predicted octanol–water partition coefficient (Wildman–Crippen LogP) is 2.88. The number of hydrogen-bond donors (Lipinski definition) is 3. The van der Waals surface area contributed by atoms with Crippen LogP contribution in [0, 0.1) is 5.41 Å². The first-order chi connectivity index (χ1) is 14.5. The highest BCUT2D eigenvalue weighted by Crippen LogP contribution is 2.35. The van der Waals surface area contributed by atoms with Gasteiger partial charge in [-0.25, -0.2) is 9.97 Å². The topological polar surface area (TPSA) is 136 Å². The quantitative estimate of drug-likeness (QED) is 0.377. The van der Waals surface area contributed by atoms with Crippen molar-refractivity contribution < 1.29 is 9.53 Å². The Kier molecular flexibility index (Phi) is 6.33. The molecule has 0 saturated heterocycles. The van der Waals surface area contributed by atoms with Crippen LogP contribution in [0.5, 0.6) is 0 Å². The molecule has 0 aliphatic heterocycles. The van der Waals surface area contributed by atoms with Crippen LogP contribution in [0.1, 0.15) is 38.4 Å². The van der Waals surface area contributed by atoms with E-state index in [0.717, 1.165) is 32.6 Å². The molecule has 3 rings (SSSR count). The molecule has 3 heterocycles. The molecule has 0 spiro atoms. The lowest BCUT2D eigenvalue weighted by molar-refractivity contribution is -0.156. The first-order valence-electron chi connectivity index (χ1n) is 9.99. The van der Waals surface area contributed by atoms with Gasteiger partial charge in [-0.2, -0.15) is 0 Å². The monoisotopic (exact) mass is 443 g/mol. The average Bonchev–Trinajstić information content (AvgIpc) is 3.22. The van der Waals surface area contributed by atoms with Crippen LogP contribution in [0.15, 0.2) is 12.1 Å². The number of esters is 1. The molecule has 0 aromatic carbocycles. The summed E-state index contributed by atoms with van der Waals surface area (Å²) in [4.78, 5) is 24.3. The van der Waals surface area contributed by atoms with Gasteiger partial charge in [-0.05, 0) is 39.5 Å². The number of nitrogens with one attached hydrogen (secondary N) is 1. The van der Waals surface area contributed by atoms with Crippen LogP contribution in [0.25, 0.3) is 26.9 Å². The standard InChI is InChI=1S/C21H29N7O2S/c1-6-28(11-16(29)30-21(2,3)4)10-15-26-17-18(27(15)5)19-13(25-20(17)24)9-14(31-19)12(23)7-8-22/h7-9,22H,6,10-11,23H2,1-5H3,(H2,24,25). The van der Waals surface area contributed by atoms with Crippen molar-refractivity contribution in [1.82, 2.24) is 19.4 Å². The SMILES string of the molecule is CCN(CC(=O)OC(C)(C)C)Cc1nc2c(N)nc3cc(C(N)=CC=N)sc3c2n1C. The number of likely N-dealkylation sites (N-methyl/N-ethyl adjacent to an activating group) is 1. The molecule has 0 aliphatic carbocycles. The Morgan fingerprint density at radius 1 is 1.39 bits per heavy atom. The maximum Gasteiger partial charge on any atom is 0.320 e. The first-order valence-corrected chi connectivity index (χ1v) is 10.8. The Labute approximate surface area is 185 Å². The number of carbonyl (C=O) groups excluding carboxylic acids is 1. The molecular formula is C21H29N7O2S. The molecule has 5 N–H and O–H groups in total. The van der Waals surface area contributed by atoms with Crippen molar-refractivity contribution in [2.45, 2.75) is 39.8 Å². The molecule has 0 atom stereocenters. The number of nitrogens with two attached hydrogens (primary N) is 2. The number of rotatable bonds is 7. The van der Waals surface area contributed by atoms with Gasteiger partial charge in [0.2, 0.25) is 0 Å². The van der Waals surface area contributed by atoms with Crippen LogP contribution < -0.4 is 11.5 Å². The van der Waals surface area contributed by atoms with E-state index in [1.54, 1.807) is 0 Å². The van der Waals surface area contributed by atoms with Gasteiger partial charge >= 0.3 is 5.97 Å². The average molecular weight is 444 g/mol. The Bertz CT molecular complexity index is 1170. The fourth-order valence-corrected chi connectivity index (χ4v) is 4.41. The third-order valence-corrected chi connectivity index (χ3v) is 5.91. The number of pyridine rings is 1. The number of anilines is 1. The molecule has 31 heavy (non-hydrogen) atoms. The molecule has 3 aromatic heterocycles. The van der Waals surface area contributed by atoms with Crippen molar-refractivity contribution in [2.75, 3.05) is 18.8 Å². The summed E-state index contributed by atoms with van der Waals surface area (Å²) in [6.45, 7) is 8.86. The van der Waals surface area contributed by atoms with E-state index in [1.165, 1.54) is 17.4 Å². The number of nitrogens with zero attached hydrogens (tertiary/aromatic N) is 4. The normalized spacial score (nSPS) is 12.8. The summed E-state index contributed by atoms with van der Waals surface area (Å²) in [7, 11) is 1.93. The molecule has 0 bridgehead atoms. The number of imidazole rings is 1. The highest BCUT2D eigenvalue weighted by molar-refractivity contribution is 7.20. The van der Waals surface area contributed by atoms with Gasteiger partial charge in [-0.15, -0.1) is 11.3 Å². The molecule has 0 saturated carbocycles. The van der Waals surface area contributed by atoms with Crippen LogP contribution in [-0.4, -0.2) is 50.3 Å². The molecule has 166 valence electrons. The fourth-order valence-electron chi connectivity index (χ4n) is 3.29. The fraction of sp³-hybridized carbons (Fsp3) is 0.429. The third-order valence-electron chi connectivity index (χ3n) is 4.73. The van der Waals surface area contributed by atoms with Gasteiger partial charge in [0.15, 0.2) is 5.82 Å². The zero-order chi connectivity index (χ0) is 22.9. The van der Waals surface area contributed by atoms with E-state index in [1.807, 2.05) is 50.3 Å². The minimum atomic E-state index is -0.523. The van der Waals surface area contributed by atoms with Crippen molar-refractivity contribution in [3.63, 3.8) is 0 Å². The third kappa shape index (κ3) is 4.86. The van der Waals surface area contributed by atoms with Crippen molar-refractivity contribution in [3.05, 3.63) is 22.8 Å². The number of aryl methyl sites for hydroxylation is 1. The second-order valence-electron chi connectivity index (χ2n) is 8.28. The van der Waals surface area contributed by atoms with Crippen molar-refractivity contribution in [2.24, 2.45) is 12.8 Å². The van der Waals surface area contributed by atoms with E-state index in [2.05, 4.69) is 4.98 Å². The van der Waals surface area contributed by atoms with E-state index in [4.69, 9.17) is 26.6 Å². The van der Waals surface area contributed by atoms with Crippen LogP contribution in [0.2, 0.25) is 0 Å². The Morgan fingerprint density at radius 3 is 2.71 bits per heavy atom. The van der Waals surface area contributed by atoms with Crippen molar-refractivity contribution >= 4 is 56.3 Å². The number of thiophene rings is 1. The molecule has 10 heteroatoms. The van der Waals surface area contributed by atoms with Gasteiger partial charge in [0.05, 0.1) is 39.4 Å². The lowest BCUT2D eigenvalue weighted by Gasteiger charge is -2.23. The van der Waals surface area contributed by atoms with E-state index >= 15 is 0 Å². The van der Waals surface area contributed by atoms with Crippen molar-refractivity contribution in [3.8, 4) is 0 Å². The maximum atomic E-state index is 12.3. The number of hydrogen-bond acceptors (Lipinski definition) is 9. The Balaban J connectivity index is 1.98. The van der Waals surface area contributed by atoms with Crippen LogP contribution in [-0.2, 0) is 23.1 Å². The van der Waals surface area contributed by atoms with Crippen molar-refractivity contribution in [1.29, 1.82) is 5.41 Å². The molecule has 0 aliphatic rings. The smallest absolute Gasteiger partial charge is 0.320 e. The molecular weight excluding hydrogens is 414 g/mol. The largest absolute Gasteiger partial charge is 0.459 e. The van der Waals surface area contributed by atoms with E-state index < -0.39 is 5.60 Å². The van der Waals surface area contributed by atoms with Gasteiger partial charge in [0, 0.05) is 13.3 Å². The Morgan fingerprint density at radius 2 is 2.10 bits per heavy atom. The van der Waals surface area contributed by atoms with Gasteiger partial charge in [0.25, 0.3) is 0 Å². The molecule has 0 unspecified atom stereocenters. The Hall–Kier alpha value is -2.98. The molecule has 0 amide bonds. The summed E-state index contributed by atoms with van der Waals surface area (Å²) >= 11 is 1.49. The zero-order valence-electron chi connectivity index (χ0n) is 18.5.